The molecule has 62 heavy (non-hydrogen) atoms. The Bertz CT molecular complexity index is 3230. The summed E-state index contributed by atoms with van der Waals surface area (Å²) in [6.07, 6.45) is 0. The Hall–Kier alpha value is -7.74. The first-order valence-corrected chi connectivity index (χ1v) is 21.6. The molecule has 1 nitrogen and oxygen atoms in total. The third-order valence-corrected chi connectivity index (χ3v) is 12.9. The van der Waals surface area contributed by atoms with Crippen molar-refractivity contribution in [3.05, 3.63) is 248 Å². The molecular formula is C61H45N. The van der Waals surface area contributed by atoms with Crippen LogP contribution in [0.1, 0.15) is 25.0 Å². The van der Waals surface area contributed by atoms with Gasteiger partial charge in [0.2, 0.25) is 0 Å². The summed E-state index contributed by atoms with van der Waals surface area (Å²) < 4.78 is 0. The Balaban J connectivity index is 1.10. The van der Waals surface area contributed by atoms with Crippen molar-refractivity contribution in [3.63, 3.8) is 0 Å². The molecule has 0 amide bonds. The summed E-state index contributed by atoms with van der Waals surface area (Å²) >= 11 is 0. The molecule has 0 aromatic heterocycles. The molecule has 0 atom stereocenters. The minimum Gasteiger partial charge on any atom is -0.310 e. The van der Waals surface area contributed by atoms with Gasteiger partial charge in [-0.15, -0.1) is 0 Å². The van der Waals surface area contributed by atoms with Crippen LogP contribution in [0.15, 0.2) is 237 Å². The van der Waals surface area contributed by atoms with Gasteiger partial charge < -0.3 is 4.90 Å². The van der Waals surface area contributed by atoms with Gasteiger partial charge in [0.25, 0.3) is 0 Å². The predicted molar refractivity (Wildman–Crippen MR) is 263 cm³/mol. The lowest BCUT2D eigenvalue weighted by Crippen LogP contribution is -2.17. The normalized spacial score (nSPS) is 12.5. The molecule has 0 saturated carbocycles. The van der Waals surface area contributed by atoms with E-state index >= 15 is 0 Å². The molecule has 0 aliphatic heterocycles. The summed E-state index contributed by atoms with van der Waals surface area (Å²) in [5.41, 5.74) is 20.5. The second kappa shape index (κ2) is 15.4. The van der Waals surface area contributed by atoms with Gasteiger partial charge in [-0.1, -0.05) is 214 Å². The fourth-order valence-corrected chi connectivity index (χ4v) is 9.73. The molecule has 0 N–H and O–H groups in total. The molecule has 294 valence electrons. The molecule has 0 saturated heterocycles. The third-order valence-electron chi connectivity index (χ3n) is 12.9. The van der Waals surface area contributed by atoms with Crippen molar-refractivity contribution in [1.82, 2.24) is 0 Å². The van der Waals surface area contributed by atoms with Crippen molar-refractivity contribution >= 4 is 27.8 Å². The monoisotopic (exact) mass is 791 g/mol. The van der Waals surface area contributed by atoms with Crippen LogP contribution in [0.4, 0.5) is 17.1 Å². The van der Waals surface area contributed by atoms with Crippen LogP contribution in [0.2, 0.25) is 0 Å². The summed E-state index contributed by atoms with van der Waals surface area (Å²) in [5.74, 6) is 0. The van der Waals surface area contributed by atoms with Crippen LogP contribution in [0.3, 0.4) is 0 Å². The highest BCUT2D eigenvalue weighted by atomic mass is 15.1. The summed E-state index contributed by atoms with van der Waals surface area (Å²) in [6.45, 7) is 4.73. The van der Waals surface area contributed by atoms with E-state index < -0.39 is 0 Å². The molecule has 1 aliphatic carbocycles. The number of rotatable bonds is 8. The summed E-state index contributed by atoms with van der Waals surface area (Å²) in [6, 6.07) is 86.7. The molecule has 0 spiro atoms. The van der Waals surface area contributed by atoms with Gasteiger partial charge in [-0.2, -0.15) is 0 Å². The third kappa shape index (κ3) is 6.51. The first-order chi connectivity index (χ1) is 30.5. The highest BCUT2D eigenvalue weighted by Gasteiger charge is 2.36. The maximum Gasteiger partial charge on any atom is 0.0546 e. The summed E-state index contributed by atoms with van der Waals surface area (Å²) in [4.78, 5) is 2.48. The van der Waals surface area contributed by atoms with Gasteiger partial charge in [0.05, 0.1) is 5.69 Å². The van der Waals surface area contributed by atoms with Gasteiger partial charge in [-0.3, -0.25) is 0 Å². The smallest absolute Gasteiger partial charge is 0.0546 e. The zero-order valence-corrected chi connectivity index (χ0v) is 35.0. The SMILES string of the molecule is CC1(C)c2ccccc2-c2ccc(N(c3ccc(-c4ccc(-c5ccccc5)c(-c5ccccc5)c4)cc3)c3cc(-c4cccc5ccccc45)ccc3-c3ccccc3)cc21. The average Bonchev–Trinajstić information content (AvgIpc) is 3.57. The van der Waals surface area contributed by atoms with Gasteiger partial charge in [0.15, 0.2) is 0 Å². The average molecular weight is 792 g/mol. The number of fused-ring (bicyclic) bond motifs is 4. The second-order valence-corrected chi connectivity index (χ2v) is 16.9. The van der Waals surface area contributed by atoms with Crippen LogP contribution in [-0.4, -0.2) is 0 Å². The van der Waals surface area contributed by atoms with E-state index in [4.69, 9.17) is 0 Å². The van der Waals surface area contributed by atoms with Gasteiger partial charge >= 0.3 is 0 Å². The molecule has 0 heterocycles. The molecule has 10 aromatic rings. The van der Waals surface area contributed by atoms with E-state index in [9.17, 15) is 0 Å². The number of nitrogens with zero attached hydrogens (tertiary/aromatic N) is 1. The fraction of sp³-hybridized carbons (Fsp3) is 0.0492. The van der Waals surface area contributed by atoms with Gasteiger partial charge in [-0.25, -0.2) is 0 Å². The maximum atomic E-state index is 2.48. The topological polar surface area (TPSA) is 3.24 Å². The van der Waals surface area contributed by atoms with Gasteiger partial charge in [0, 0.05) is 22.4 Å². The van der Waals surface area contributed by atoms with E-state index in [1.807, 2.05) is 0 Å². The van der Waals surface area contributed by atoms with E-state index in [2.05, 4.69) is 255 Å². The molecule has 1 heteroatoms. The molecular weight excluding hydrogens is 747 g/mol. The lowest BCUT2D eigenvalue weighted by atomic mass is 9.82. The molecule has 11 rings (SSSR count). The van der Waals surface area contributed by atoms with Crippen molar-refractivity contribution in [2.24, 2.45) is 0 Å². The van der Waals surface area contributed by atoms with Crippen LogP contribution in [-0.2, 0) is 5.41 Å². The minimum atomic E-state index is -0.146. The molecule has 0 fully saturated rings. The van der Waals surface area contributed by atoms with Crippen LogP contribution < -0.4 is 4.90 Å². The summed E-state index contributed by atoms with van der Waals surface area (Å²) in [7, 11) is 0. The van der Waals surface area contributed by atoms with Crippen molar-refractivity contribution in [2.75, 3.05) is 4.90 Å². The van der Waals surface area contributed by atoms with Crippen molar-refractivity contribution in [3.8, 4) is 66.8 Å². The minimum absolute atomic E-state index is 0.146. The van der Waals surface area contributed by atoms with E-state index in [1.165, 1.54) is 88.7 Å². The van der Waals surface area contributed by atoms with Crippen molar-refractivity contribution < 1.29 is 0 Å². The van der Waals surface area contributed by atoms with E-state index in [0.29, 0.717) is 0 Å². The highest BCUT2D eigenvalue weighted by Crippen LogP contribution is 2.52. The van der Waals surface area contributed by atoms with E-state index in [0.717, 1.165) is 17.1 Å². The number of anilines is 3. The molecule has 0 unspecified atom stereocenters. The summed E-state index contributed by atoms with van der Waals surface area (Å²) in [5, 5.41) is 2.48. The van der Waals surface area contributed by atoms with E-state index in [-0.39, 0.29) is 5.41 Å². The standard InChI is InChI=1S/C61H45N/c1-61(2)58-28-15-14-26-55(58)56-38-35-50(41-59(56)61)62(60-40-48(32-37-54(60)45-19-8-4-9-20-45)52-27-16-24-44-23-12-13-25-51(44)52)49-33-29-42(30-34-49)47-31-36-53(43-17-6-3-7-18-43)57(39-47)46-21-10-5-11-22-46/h3-41H,1-2H3. The maximum absolute atomic E-state index is 2.48. The largest absolute Gasteiger partial charge is 0.310 e. The Morgan fingerprint density at radius 1 is 0.290 bits per heavy atom. The lowest BCUT2D eigenvalue weighted by Gasteiger charge is -2.30. The fourth-order valence-electron chi connectivity index (χ4n) is 9.73. The van der Waals surface area contributed by atoms with Gasteiger partial charge in [0.1, 0.15) is 0 Å². The molecule has 0 bridgehead atoms. The highest BCUT2D eigenvalue weighted by molar-refractivity contribution is 6.00. The van der Waals surface area contributed by atoms with Crippen molar-refractivity contribution in [2.45, 2.75) is 19.3 Å². The Morgan fingerprint density at radius 3 is 1.55 bits per heavy atom. The van der Waals surface area contributed by atoms with Crippen molar-refractivity contribution in [1.29, 1.82) is 0 Å². The van der Waals surface area contributed by atoms with Crippen LogP contribution >= 0.6 is 0 Å². The lowest BCUT2D eigenvalue weighted by molar-refractivity contribution is 0.660. The first-order valence-electron chi connectivity index (χ1n) is 21.6. The quantitative estimate of drug-likeness (QED) is 0.148. The first kappa shape index (κ1) is 37.3. The zero-order chi connectivity index (χ0) is 41.6. The Kier molecular flexibility index (Phi) is 9.24. The second-order valence-electron chi connectivity index (χ2n) is 16.9. The van der Waals surface area contributed by atoms with Crippen LogP contribution in [0.5, 0.6) is 0 Å². The molecule has 0 radical (unpaired) electrons. The van der Waals surface area contributed by atoms with Crippen LogP contribution in [0, 0.1) is 0 Å². The number of hydrogen-bond donors (Lipinski definition) is 0. The van der Waals surface area contributed by atoms with Crippen LogP contribution in [0.25, 0.3) is 77.5 Å². The Labute approximate surface area is 364 Å². The zero-order valence-electron chi connectivity index (χ0n) is 35.0. The molecule has 10 aromatic carbocycles. The number of benzene rings is 10. The van der Waals surface area contributed by atoms with Gasteiger partial charge in [-0.05, 0) is 119 Å². The van der Waals surface area contributed by atoms with E-state index in [1.54, 1.807) is 0 Å². The Morgan fingerprint density at radius 2 is 0.806 bits per heavy atom. The predicted octanol–water partition coefficient (Wildman–Crippen LogP) is 17.0. The molecule has 1 aliphatic rings. The number of hydrogen-bond acceptors (Lipinski definition) is 1.